The van der Waals surface area contributed by atoms with Gasteiger partial charge in [0.2, 0.25) is 0 Å². The summed E-state index contributed by atoms with van der Waals surface area (Å²) >= 11 is 0. The number of hydrogen-bond donors (Lipinski definition) is 1. The number of carbonyl (C=O) groups is 1. The van der Waals surface area contributed by atoms with Gasteiger partial charge in [-0.05, 0) is 41.9 Å². The summed E-state index contributed by atoms with van der Waals surface area (Å²) in [6, 6.07) is 7.13. The molecular formula is C20H21NO3. The van der Waals surface area contributed by atoms with E-state index in [1.807, 2.05) is 19.1 Å². The molecule has 4 rings (SSSR count). The van der Waals surface area contributed by atoms with Gasteiger partial charge in [-0.1, -0.05) is 20.4 Å². The second-order valence-electron chi connectivity index (χ2n) is 7.71. The Morgan fingerprint density at radius 2 is 2.04 bits per heavy atom. The molecule has 1 aromatic heterocycles. The van der Waals surface area contributed by atoms with E-state index in [0.29, 0.717) is 23.8 Å². The van der Waals surface area contributed by atoms with Crippen LogP contribution in [0.15, 0.2) is 45.8 Å². The van der Waals surface area contributed by atoms with Gasteiger partial charge in [-0.25, -0.2) is 4.79 Å². The molecule has 1 N–H and O–H groups in total. The fourth-order valence-electron chi connectivity index (χ4n) is 4.46. The molecule has 0 radical (unpaired) electrons. The predicted molar refractivity (Wildman–Crippen MR) is 93.9 cm³/mol. The van der Waals surface area contributed by atoms with Gasteiger partial charge in [-0.15, -0.1) is 0 Å². The monoisotopic (exact) mass is 323 g/mol. The van der Waals surface area contributed by atoms with Crippen molar-refractivity contribution in [1.29, 1.82) is 0 Å². The van der Waals surface area contributed by atoms with E-state index in [9.17, 15) is 9.59 Å². The van der Waals surface area contributed by atoms with Crippen LogP contribution in [0.4, 0.5) is 5.69 Å². The van der Waals surface area contributed by atoms with E-state index in [1.54, 1.807) is 6.07 Å². The molecular weight excluding hydrogens is 302 g/mol. The third kappa shape index (κ3) is 2.13. The summed E-state index contributed by atoms with van der Waals surface area (Å²) in [6.07, 6.45) is 0.662. The van der Waals surface area contributed by atoms with Crippen molar-refractivity contribution in [2.45, 2.75) is 27.2 Å². The standard InChI is InChI=1S/C20H21NO3/c1-10-7-17(23)24-16-8-12(5-6-13(10)16)21-11(2)18-15(22)9-14-19(18)20(14,3)4/h5-8,14,18-19,21H,2,9H2,1,3-4H3/t14-,18-,19-/m0/s1. The molecule has 2 aliphatic rings. The Morgan fingerprint density at radius 3 is 2.75 bits per heavy atom. The molecule has 3 atom stereocenters. The van der Waals surface area contributed by atoms with Crippen molar-refractivity contribution >= 4 is 22.4 Å². The van der Waals surface area contributed by atoms with Gasteiger partial charge in [0, 0.05) is 35.3 Å². The second-order valence-corrected chi connectivity index (χ2v) is 7.71. The van der Waals surface area contributed by atoms with Crippen LogP contribution in [0.25, 0.3) is 11.0 Å². The van der Waals surface area contributed by atoms with Gasteiger partial charge in [-0.3, -0.25) is 4.79 Å². The number of rotatable bonds is 3. The maximum Gasteiger partial charge on any atom is 0.336 e. The van der Waals surface area contributed by atoms with E-state index < -0.39 is 0 Å². The molecule has 0 unspecified atom stereocenters. The molecule has 0 saturated heterocycles. The predicted octanol–water partition coefficient (Wildman–Crippen LogP) is 3.89. The van der Waals surface area contributed by atoms with E-state index in [1.165, 1.54) is 6.07 Å². The van der Waals surface area contributed by atoms with Crippen LogP contribution in [0.1, 0.15) is 25.8 Å². The zero-order valence-corrected chi connectivity index (χ0v) is 14.2. The number of ketones is 1. The lowest BCUT2D eigenvalue weighted by Gasteiger charge is -2.20. The first-order chi connectivity index (χ1) is 11.3. The molecule has 0 amide bonds. The molecule has 0 spiro atoms. The van der Waals surface area contributed by atoms with Gasteiger partial charge in [0.1, 0.15) is 11.4 Å². The Labute approximate surface area is 140 Å². The minimum Gasteiger partial charge on any atom is -0.423 e. The van der Waals surface area contributed by atoms with Crippen LogP contribution < -0.4 is 10.9 Å². The van der Waals surface area contributed by atoms with Crippen LogP contribution >= 0.6 is 0 Å². The Kier molecular flexibility index (Phi) is 3.05. The number of nitrogens with one attached hydrogen (secondary N) is 1. The molecule has 124 valence electrons. The second kappa shape index (κ2) is 4.82. The van der Waals surface area contributed by atoms with Crippen LogP contribution in [0, 0.1) is 30.1 Å². The number of Topliss-reactive ketones (excluding diaryl/α,β-unsaturated/α-hetero) is 1. The summed E-state index contributed by atoms with van der Waals surface area (Å²) < 4.78 is 5.28. The first kappa shape index (κ1) is 15.2. The minimum atomic E-state index is -0.357. The Bertz CT molecular complexity index is 938. The van der Waals surface area contributed by atoms with E-state index in [4.69, 9.17) is 4.42 Å². The summed E-state index contributed by atoms with van der Waals surface area (Å²) in [5.41, 5.74) is 2.84. The van der Waals surface area contributed by atoms with Crippen LogP contribution in [0.2, 0.25) is 0 Å². The maximum absolute atomic E-state index is 12.3. The smallest absolute Gasteiger partial charge is 0.336 e. The number of aryl methyl sites for hydroxylation is 1. The lowest BCUT2D eigenvalue weighted by atomic mass is 9.89. The Morgan fingerprint density at radius 1 is 1.29 bits per heavy atom. The average molecular weight is 323 g/mol. The van der Waals surface area contributed by atoms with E-state index in [-0.39, 0.29) is 22.7 Å². The fraction of sp³-hybridized carbons (Fsp3) is 0.400. The van der Waals surface area contributed by atoms with Crippen molar-refractivity contribution in [3.63, 3.8) is 0 Å². The van der Waals surface area contributed by atoms with Crippen LogP contribution in [-0.2, 0) is 4.79 Å². The highest BCUT2D eigenvalue weighted by Crippen LogP contribution is 2.68. The van der Waals surface area contributed by atoms with Crippen molar-refractivity contribution in [1.82, 2.24) is 0 Å². The lowest BCUT2D eigenvalue weighted by molar-refractivity contribution is -0.121. The first-order valence-electron chi connectivity index (χ1n) is 8.32. The number of hydrogen-bond acceptors (Lipinski definition) is 4. The maximum atomic E-state index is 12.3. The highest BCUT2D eigenvalue weighted by molar-refractivity contribution is 5.90. The summed E-state index contributed by atoms with van der Waals surface area (Å²) in [4.78, 5) is 23.8. The van der Waals surface area contributed by atoms with Crippen LogP contribution in [-0.4, -0.2) is 5.78 Å². The molecule has 2 aromatic rings. The van der Waals surface area contributed by atoms with Gasteiger partial charge in [-0.2, -0.15) is 0 Å². The number of carbonyl (C=O) groups excluding carboxylic acids is 1. The summed E-state index contributed by atoms with van der Waals surface area (Å²) in [6.45, 7) is 10.5. The summed E-state index contributed by atoms with van der Waals surface area (Å²) in [5, 5.41) is 4.17. The molecule has 2 saturated carbocycles. The van der Waals surface area contributed by atoms with Crippen LogP contribution in [0.3, 0.4) is 0 Å². The molecule has 4 heteroatoms. The highest BCUT2D eigenvalue weighted by Gasteiger charge is 2.67. The van der Waals surface area contributed by atoms with Gasteiger partial charge >= 0.3 is 5.63 Å². The average Bonchev–Trinajstić information content (AvgIpc) is 2.85. The normalized spacial score (nSPS) is 27.1. The van der Waals surface area contributed by atoms with Gasteiger partial charge in [0.25, 0.3) is 0 Å². The van der Waals surface area contributed by atoms with E-state index >= 15 is 0 Å². The molecule has 2 aliphatic carbocycles. The first-order valence-corrected chi connectivity index (χ1v) is 8.32. The van der Waals surface area contributed by atoms with Gasteiger partial charge < -0.3 is 9.73 Å². The van der Waals surface area contributed by atoms with E-state index in [0.717, 1.165) is 22.3 Å². The van der Waals surface area contributed by atoms with Crippen molar-refractivity contribution < 1.29 is 9.21 Å². The molecule has 2 fully saturated rings. The molecule has 1 aromatic carbocycles. The molecule has 4 nitrogen and oxygen atoms in total. The number of anilines is 1. The Balaban J connectivity index is 1.61. The fourth-order valence-corrected chi connectivity index (χ4v) is 4.46. The minimum absolute atomic E-state index is 0.120. The van der Waals surface area contributed by atoms with Gasteiger partial charge in [0.15, 0.2) is 0 Å². The quantitative estimate of drug-likeness (QED) is 0.871. The lowest BCUT2D eigenvalue weighted by Crippen LogP contribution is -2.22. The third-order valence-corrected chi connectivity index (χ3v) is 5.90. The number of fused-ring (bicyclic) bond motifs is 2. The number of allylic oxidation sites excluding steroid dienone is 1. The van der Waals surface area contributed by atoms with Crippen molar-refractivity contribution in [2.75, 3.05) is 5.32 Å². The molecule has 0 bridgehead atoms. The highest BCUT2D eigenvalue weighted by atomic mass is 16.4. The zero-order valence-electron chi connectivity index (χ0n) is 14.2. The Hall–Kier alpha value is -2.36. The topological polar surface area (TPSA) is 59.3 Å². The summed E-state index contributed by atoms with van der Waals surface area (Å²) in [7, 11) is 0. The molecule has 1 heterocycles. The SMILES string of the molecule is C=C(Nc1ccc2c(C)cc(=O)oc2c1)[C@H]1C(=O)C[C@H]2[C@@H]1C2(C)C. The van der Waals surface area contributed by atoms with Crippen molar-refractivity contribution in [3.8, 4) is 0 Å². The zero-order chi connectivity index (χ0) is 17.2. The van der Waals surface area contributed by atoms with E-state index in [2.05, 4.69) is 25.7 Å². The largest absolute Gasteiger partial charge is 0.423 e. The summed E-state index contributed by atoms with van der Waals surface area (Å²) in [5.74, 6) is 1.05. The molecule has 0 aliphatic heterocycles. The van der Waals surface area contributed by atoms with Crippen LogP contribution in [0.5, 0.6) is 0 Å². The van der Waals surface area contributed by atoms with Gasteiger partial charge in [0.05, 0.1) is 5.92 Å². The molecule has 24 heavy (non-hydrogen) atoms. The van der Waals surface area contributed by atoms with Crippen molar-refractivity contribution in [2.24, 2.45) is 23.2 Å². The third-order valence-electron chi connectivity index (χ3n) is 5.90. The number of benzene rings is 1. The van der Waals surface area contributed by atoms with Crippen molar-refractivity contribution in [3.05, 3.63) is 52.5 Å².